The van der Waals surface area contributed by atoms with Gasteiger partial charge >= 0.3 is 22.8 Å². The van der Waals surface area contributed by atoms with Gasteiger partial charge in [-0.1, -0.05) is 0 Å². The average Bonchev–Trinajstić information content (AvgIpc) is 2.12. The van der Waals surface area contributed by atoms with Gasteiger partial charge in [-0.05, 0) is 18.2 Å². The van der Waals surface area contributed by atoms with Crippen molar-refractivity contribution in [2.75, 3.05) is 0 Å². The summed E-state index contributed by atoms with van der Waals surface area (Å²) in [5.74, 6) is 0. The number of benzene rings is 1. The molecule has 0 bridgehead atoms. The van der Waals surface area contributed by atoms with Crippen molar-refractivity contribution < 1.29 is 43.1 Å². The van der Waals surface area contributed by atoms with Gasteiger partial charge in [0.05, 0.1) is 15.9 Å². The first-order chi connectivity index (χ1) is 7.83. The molecule has 0 saturated carbocycles. The Balaban J connectivity index is 3.66. The first kappa shape index (κ1) is 15.7. The van der Waals surface area contributed by atoms with Gasteiger partial charge < -0.3 is 29.4 Å². The molecule has 0 spiro atoms. The average molecular weight is 318 g/mol. The molecule has 6 N–H and O–H groups in total. The van der Waals surface area contributed by atoms with E-state index in [2.05, 4.69) is 0 Å². The fourth-order valence-corrected chi connectivity index (χ4v) is 3.93. The van der Waals surface area contributed by atoms with Crippen LogP contribution < -0.4 is 15.9 Å². The van der Waals surface area contributed by atoms with Crippen LogP contribution in [0.5, 0.6) is 0 Å². The molecule has 0 saturated heterocycles. The quantitative estimate of drug-likeness (QED) is 0.348. The molecule has 0 amide bonds. The van der Waals surface area contributed by atoms with Gasteiger partial charge in [0, 0.05) is 0 Å². The second-order valence-corrected chi connectivity index (χ2v) is 8.05. The van der Waals surface area contributed by atoms with Gasteiger partial charge in [0.25, 0.3) is 0 Å². The van der Waals surface area contributed by atoms with E-state index in [0.29, 0.717) is 18.2 Å². The van der Waals surface area contributed by atoms with Crippen LogP contribution in [0.4, 0.5) is 0 Å². The largest absolute Gasteiger partial charge is 0.357 e. The van der Waals surface area contributed by atoms with Gasteiger partial charge in [0.15, 0.2) is 0 Å². The summed E-state index contributed by atoms with van der Waals surface area (Å²) in [5, 5.41) is -2.80. The predicted octanol–water partition coefficient (Wildman–Crippen LogP) is -1.90. The SMILES string of the molecule is O=P(O)(O)c1ccc(P(=O)(O)O)c(P(=O)(O)O)c1. The van der Waals surface area contributed by atoms with Crippen LogP contribution in [-0.4, -0.2) is 29.4 Å². The van der Waals surface area contributed by atoms with E-state index in [-0.39, 0.29) is 0 Å². The second-order valence-electron chi connectivity index (χ2n) is 3.31. The highest BCUT2D eigenvalue weighted by Gasteiger charge is 2.33. The van der Waals surface area contributed by atoms with E-state index in [1.165, 1.54) is 0 Å². The third kappa shape index (κ3) is 3.59. The zero-order valence-corrected chi connectivity index (χ0v) is 11.2. The third-order valence-electron chi connectivity index (χ3n) is 1.92. The Morgan fingerprint density at radius 3 is 1.44 bits per heavy atom. The molecule has 102 valence electrons. The minimum Gasteiger partial charge on any atom is -0.321 e. The van der Waals surface area contributed by atoms with Crippen LogP contribution in [-0.2, 0) is 13.7 Å². The third-order valence-corrected chi connectivity index (χ3v) is 5.07. The fraction of sp³-hybridized carbons (Fsp3) is 0. The first-order valence-corrected chi connectivity index (χ1v) is 8.99. The lowest BCUT2D eigenvalue weighted by atomic mass is 10.4. The Morgan fingerprint density at radius 1 is 0.667 bits per heavy atom. The summed E-state index contributed by atoms with van der Waals surface area (Å²) in [6.07, 6.45) is 0. The number of rotatable bonds is 3. The summed E-state index contributed by atoms with van der Waals surface area (Å²) in [4.78, 5) is 53.4. The smallest absolute Gasteiger partial charge is 0.321 e. The van der Waals surface area contributed by atoms with Crippen LogP contribution in [0.25, 0.3) is 0 Å². The van der Waals surface area contributed by atoms with Crippen molar-refractivity contribution in [2.24, 2.45) is 0 Å². The van der Waals surface area contributed by atoms with Gasteiger partial charge in [0.1, 0.15) is 0 Å². The molecule has 0 heterocycles. The Kier molecular flexibility index (Phi) is 4.06. The van der Waals surface area contributed by atoms with E-state index in [1.54, 1.807) is 0 Å². The molecular weight excluding hydrogens is 309 g/mol. The zero-order chi connectivity index (χ0) is 14.4. The van der Waals surface area contributed by atoms with Crippen molar-refractivity contribution in [2.45, 2.75) is 0 Å². The Morgan fingerprint density at radius 2 is 1.11 bits per heavy atom. The summed E-state index contributed by atoms with van der Waals surface area (Å²) in [6, 6.07) is 1.69. The second kappa shape index (κ2) is 4.65. The normalized spacial score (nSPS) is 13.7. The molecule has 0 unspecified atom stereocenters. The lowest BCUT2D eigenvalue weighted by Crippen LogP contribution is -2.28. The van der Waals surface area contributed by atoms with Crippen molar-refractivity contribution in [1.82, 2.24) is 0 Å². The van der Waals surface area contributed by atoms with Gasteiger partial charge in [-0.15, -0.1) is 0 Å². The van der Waals surface area contributed by atoms with Gasteiger partial charge in [-0.3, -0.25) is 13.7 Å². The monoisotopic (exact) mass is 318 g/mol. The first-order valence-electron chi connectivity index (χ1n) is 4.16. The van der Waals surface area contributed by atoms with Crippen molar-refractivity contribution in [1.29, 1.82) is 0 Å². The minimum absolute atomic E-state index is 0.399. The molecule has 18 heavy (non-hydrogen) atoms. The summed E-state index contributed by atoms with van der Waals surface area (Å²) in [7, 11) is -14.8. The highest BCUT2D eigenvalue weighted by Crippen LogP contribution is 2.41. The van der Waals surface area contributed by atoms with E-state index in [0.717, 1.165) is 0 Å². The maximum Gasteiger partial charge on any atom is 0.357 e. The van der Waals surface area contributed by atoms with E-state index < -0.39 is 38.7 Å². The molecule has 12 heteroatoms. The summed E-state index contributed by atoms with van der Waals surface area (Å²) < 4.78 is 33.0. The molecular formula is C6H9O9P3. The molecule has 0 aliphatic carbocycles. The molecule has 1 rings (SSSR count). The predicted molar refractivity (Wildman–Crippen MR) is 61.5 cm³/mol. The van der Waals surface area contributed by atoms with Crippen molar-refractivity contribution >= 4 is 38.7 Å². The fourth-order valence-electron chi connectivity index (χ4n) is 1.17. The van der Waals surface area contributed by atoms with Crippen LogP contribution in [0.3, 0.4) is 0 Å². The van der Waals surface area contributed by atoms with Crippen molar-refractivity contribution in [3.8, 4) is 0 Å². The molecule has 1 aromatic carbocycles. The molecule has 9 nitrogen and oxygen atoms in total. The zero-order valence-electron chi connectivity index (χ0n) is 8.48. The molecule has 1 aromatic rings. The Hall–Kier alpha value is -0.330. The van der Waals surface area contributed by atoms with Crippen LogP contribution in [0.1, 0.15) is 0 Å². The summed E-state index contributed by atoms with van der Waals surface area (Å²) >= 11 is 0. The summed E-state index contributed by atoms with van der Waals surface area (Å²) in [5.41, 5.74) is 0. The Bertz CT molecular complexity index is 605. The van der Waals surface area contributed by atoms with Crippen LogP contribution in [0.15, 0.2) is 18.2 Å². The molecule has 0 aliphatic rings. The van der Waals surface area contributed by atoms with E-state index >= 15 is 0 Å². The maximum atomic E-state index is 11.1. The highest BCUT2D eigenvalue weighted by atomic mass is 31.2. The topological polar surface area (TPSA) is 173 Å². The summed E-state index contributed by atoms with van der Waals surface area (Å²) in [6.45, 7) is 0. The Labute approximate surface area is 101 Å². The van der Waals surface area contributed by atoms with Crippen LogP contribution in [0.2, 0.25) is 0 Å². The van der Waals surface area contributed by atoms with Gasteiger partial charge in [-0.25, -0.2) is 0 Å². The van der Waals surface area contributed by atoms with Gasteiger partial charge in [-0.2, -0.15) is 0 Å². The lowest BCUT2D eigenvalue weighted by molar-refractivity contribution is 0.381. The van der Waals surface area contributed by atoms with E-state index in [1.807, 2.05) is 0 Å². The van der Waals surface area contributed by atoms with E-state index in [4.69, 9.17) is 29.4 Å². The lowest BCUT2D eigenvalue weighted by Gasteiger charge is -2.14. The number of hydrogen-bond donors (Lipinski definition) is 6. The van der Waals surface area contributed by atoms with Crippen molar-refractivity contribution in [3.05, 3.63) is 18.2 Å². The van der Waals surface area contributed by atoms with E-state index in [9.17, 15) is 13.7 Å². The minimum atomic E-state index is -5.08. The van der Waals surface area contributed by atoms with Gasteiger partial charge in [0.2, 0.25) is 0 Å². The van der Waals surface area contributed by atoms with Crippen LogP contribution in [0, 0.1) is 0 Å². The van der Waals surface area contributed by atoms with Crippen molar-refractivity contribution in [3.63, 3.8) is 0 Å². The molecule has 0 fully saturated rings. The molecule has 0 aliphatic heterocycles. The highest BCUT2D eigenvalue weighted by molar-refractivity contribution is 7.67. The molecule has 0 aromatic heterocycles. The van der Waals surface area contributed by atoms with Crippen LogP contribution >= 0.6 is 22.8 Å². The molecule has 0 radical (unpaired) electrons. The molecule has 0 atom stereocenters. The maximum absolute atomic E-state index is 11.1. The number of hydrogen-bond acceptors (Lipinski definition) is 3. The standard InChI is InChI=1S/C6H9O9P3/c7-16(8,9)4-1-2-5(17(10,11)12)6(3-4)18(13,14)15/h1-3H,(H2,7,8,9)(H2,10,11,12)(H2,13,14,15).